The third-order valence-electron chi connectivity index (χ3n) is 3.10. The lowest BCUT2D eigenvalue weighted by Gasteiger charge is -2.17. The average molecular weight is 246 g/mol. The highest BCUT2D eigenvalue weighted by Crippen LogP contribution is 2.27. The van der Waals surface area contributed by atoms with Crippen LogP contribution >= 0.6 is 11.6 Å². The predicted octanol–water partition coefficient (Wildman–Crippen LogP) is 4.00. The Bertz CT molecular complexity index is 534. The summed E-state index contributed by atoms with van der Waals surface area (Å²) in [6, 6.07) is 13.9. The standard InChI is InChI=1S/C15H16ClN/c1-10-5-3-4-6-13(10)15(17)14-9-12(16)8-7-11(14)2/h3-9,15H,17H2,1-2H3. The third kappa shape index (κ3) is 2.51. The molecule has 0 aliphatic carbocycles. The van der Waals surface area contributed by atoms with Crippen molar-refractivity contribution in [2.45, 2.75) is 19.9 Å². The smallest absolute Gasteiger partial charge is 0.0557 e. The molecule has 0 fully saturated rings. The van der Waals surface area contributed by atoms with Crippen LogP contribution in [0.1, 0.15) is 28.3 Å². The Hall–Kier alpha value is -1.31. The molecule has 88 valence electrons. The van der Waals surface area contributed by atoms with Gasteiger partial charge in [-0.25, -0.2) is 0 Å². The molecule has 0 aromatic heterocycles. The van der Waals surface area contributed by atoms with E-state index in [2.05, 4.69) is 26.0 Å². The number of halogens is 1. The van der Waals surface area contributed by atoms with E-state index in [4.69, 9.17) is 17.3 Å². The largest absolute Gasteiger partial charge is 0.320 e. The van der Waals surface area contributed by atoms with Crippen molar-refractivity contribution in [1.82, 2.24) is 0 Å². The van der Waals surface area contributed by atoms with E-state index in [9.17, 15) is 0 Å². The summed E-state index contributed by atoms with van der Waals surface area (Å²) < 4.78 is 0. The first-order valence-corrected chi connectivity index (χ1v) is 6.04. The van der Waals surface area contributed by atoms with Crippen molar-refractivity contribution in [3.8, 4) is 0 Å². The van der Waals surface area contributed by atoms with Gasteiger partial charge in [-0.05, 0) is 48.2 Å². The molecule has 2 rings (SSSR count). The zero-order chi connectivity index (χ0) is 12.4. The average Bonchev–Trinajstić information content (AvgIpc) is 2.32. The van der Waals surface area contributed by atoms with E-state index in [-0.39, 0.29) is 6.04 Å². The van der Waals surface area contributed by atoms with Gasteiger partial charge < -0.3 is 5.73 Å². The molecule has 2 aromatic carbocycles. The van der Waals surface area contributed by atoms with Crippen molar-refractivity contribution in [3.05, 3.63) is 69.7 Å². The number of hydrogen-bond donors (Lipinski definition) is 1. The van der Waals surface area contributed by atoms with Gasteiger partial charge in [0.1, 0.15) is 0 Å². The second-order valence-corrected chi connectivity index (χ2v) is 4.77. The molecule has 0 aliphatic heterocycles. The van der Waals surface area contributed by atoms with E-state index in [1.807, 2.05) is 30.3 Å². The molecule has 0 amide bonds. The highest BCUT2D eigenvalue weighted by Gasteiger charge is 2.13. The second kappa shape index (κ2) is 4.91. The summed E-state index contributed by atoms with van der Waals surface area (Å²) in [5.74, 6) is 0. The number of aryl methyl sites for hydroxylation is 2. The minimum Gasteiger partial charge on any atom is -0.320 e. The minimum atomic E-state index is -0.116. The fraction of sp³-hybridized carbons (Fsp3) is 0.200. The Morgan fingerprint density at radius 1 is 0.941 bits per heavy atom. The van der Waals surface area contributed by atoms with Gasteiger partial charge in [-0.15, -0.1) is 0 Å². The summed E-state index contributed by atoms with van der Waals surface area (Å²) >= 11 is 6.03. The van der Waals surface area contributed by atoms with Crippen LogP contribution in [-0.2, 0) is 0 Å². The molecule has 17 heavy (non-hydrogen) atoms. The first kappa shape index (κ1) is 12.2. The molecule has 0 bridgehead atoms. The zero-order valence-corrected chi connectivity index (χ0v) is 10.8. The van der Waals surface area contributed by atoms with Crippen LogP contribution in [0.5, 0.6) is 0 Å². The van der Waals surface area contributed by atoms with E-state index < -0.39 is 0 Å². The lowest BCUT2D eigenvalue weighted by atomic mass is 9.93. The quantitative estimate of drug-likeness (QED) is 0.850. The van der Waals surface area contributed by atoms with Gasteiger partial charge in [0, 0.05) is 5.02 Å². The molecule has 1 nitrogen and oxygen atoms in total. The Kier molecular flexibility index (Phi) is 3.51. The normalized spacial score (nSPS) is 12.5. The maximum absolute atomic E-state index is 6.33. The van der Waals surface area contributed by atoms with Crippen molar-refractivity contribution in [1.29, 1.82) is 0 Å². The summed E-state index contributed by atoms with van der Waals surface area (Å²) in [7, 11) is 0. The van der Waals surface area contributed by atoms with Crippen LogP contribution in [0.25, 0.3) is 0 Å². The molecule has 0 saturated carbocycles. The van der Waals surface area contributed by atoms with Gasteiger partial charge in [0.15, 0.2) is 0 Å². The zero-order valence-electron chi connectivity index (χ0n) is 10.1. The van der Waals surface area contributed by atoms with Crippen LogP contribution in [0.15, 0.2) is 42.5 Å². The van der Waals surface area contributed by atoms with Crippen LogP contribution in [0, 0.1) is 13.8 Å². The molecule has 0 aliphatic rings. The summed E-state index contributed by atoms with van der Waals surface area (Å²) in [5.41, 5.74) is 10.9. The van der Waals surface area contributed by atoms with E-state index in [1.165, 1.54) is 11.1 Å². The highest BCUT2D eigenvalue weighted by atomic mass is 35.5. The van der Waals surface area contributed by atoms with Gasteiger partial charge in [0.25, 0.3) is 0 Å². The Balaban J connectivity index is 2.47. The number of hydrogen-bond acceptors (Lipinski definition) is 1. The molecule has 0 radical (unpaired) electrons. The number of nitrogens with two attached hydrogens (primary N) is 1. The van der Waals surface area contributed by atoms with Crippen LogP contribution in [-0.4, -0.2) is 0 Å². The monoisotopic (exact) mass is 245 g/mol. The van der Waals surface area contributed by atoms with Crippen molar-refractivity contribution >= 4 is 11.6 Å². The van der Waals surface area contributed by atoms with Crippen LogP contribution < -0.4 is 5.73 Å². The lowest BCUT2D eigenvalue weighted by molar-refractivity contribution is 0.852. The number of rotatable bonds is 2. The molecule has 1 unspecified atom stereocenters. The maximum Gasteiger partial charge on any atom is 0.0557 e. The number of benzene rings is 2. The van der Waals surface area contributed by atoms with Gasteiger partial charge in [-0.2, -0.15) is 0 Å². The van der Waals surface area contributed by atoms with Gasteiger partial charge in [0.05, 0.1) is 6.04 Å². The fourth-order valence-electron chi connectivity index (χ4n) is 2.05. The third-order valence-corrected chi connectivity index (χ3v) is 3.33. The van der Waals surface area contributed by atoms with Gasteiger partial charge >= 0.3 is 0 Å². The van der Waals surface area contributed by atoms with Crippen LogP contribution in [0.4, 0.5) is 0 Å². The van der Waals surface area contributed by atoms with Gasteiger partial charge in [0.2, 0.25) is 0 Å². The van der Waals surface area contributed by atoms with Crippen molar-refractivity contribution in [3.63, 3.8) is 0 Å². The van der Waals surface area contributed by atoms with Crippen LogP contribution in [0.2, 0.25) is 5.02 Å². The molecule has 2 aromatic rings. The highest BCUT2D eigenvalue weighted by molar-refractivity contribution is 6.30. The Morgan fingerprint density at radius 2 is 1.59 bits per heavy atom. The Morgan fingerprint density at radius 3 is 2.29 bits per heavy atom. The first-order chi connectivity index (χ1) is 8.09. The maximum atomic E-state index is 6.33. The topological polar surface area (TPSA) is 26.0 Å². The molecule has 0 heterocycles. The minimum absolute atomic E-state index is 0.116. The molecule has 2 N–H and O–H groups in total. The van der Waals surface area contributed by atoms with Crippen molar-refractivity contribution in [2.75, 3.05) is 0 Å². The van der Waals surface area contributed by atoms with E-state index in [1.54, 1.807) is 0 Å². The second-order valence-electron chi connectivity index (χ2n) is 4.34. The molecule has 0 saturated heterocycles. The molecule has 1 atom stereocenters. The first-order valence-electron chi connectivity index (χ1n) is 5.67. The Labute approximate surface area is 107 Å². The summed E-state index contributed by atoms with van der Waals surface area (Å²) in [4.78, 5) is 0. The van der Waals surface area contributed by atoms with E-state index >= 15 is 0 Å². The SMILES string of the molecule is Cc1ccccc1C(N)c1cc(Cl)ccc1C. The fourth-order valence-corrected chi connectivity index (χ4v) is 2.23. The molecule has 2 heteroatoms. The summed E-state index contributed by atoms with van der Waals surface area (Å²) in [6.07, 6.45) is 0. The summed E-state index contributed by atoms with van der Waals surface area (Å²) in [5, 5.41) is 0.731. The predicted molar refractivity (Wildman–Crippen MR) is 73.4 cm³/mol. The summed E-state index contributed by atoms with van der Waals surface area (Å²) in [6.45, 7) is 4.14. The molecular weight excluding hydrogens is 230 g/mol. The van der Waals surface area contributed by atoms with E-state index in [0.717, 1.165) is 16.1 Å². The molecular formula is C15H16ClN. The van der Waals surface area contributed by atoms with Gasteiger partial charge in [-0.1, -0.05) is 41.9 Å². The van der Waals surface area contributed by atoms with E-state index in [0.29, 0.717) is 0 Å². The van der Waals surface area contributed by atoms with Crippen molar-refractivity contribution < 1.29 is 0 Å². The lowest BCUT2D eigenvalue weighted by Crippen LogP contribution is -2.14. The van der Waals surface area contributed by atoms with Crippen molar-refractivity contribution in [2.24, 2.45) is 5.73 Å². The van der Waals surface area contributed by atoms with Gasteiger partial charge in [-0.3, -0.25) is 0 Å². The van der Waals surface area contributed by atoms with Crippen LogP contribution in [0.3, 0.4) is 0 Å². The molecule has 0 spiro atoms.